The van der Waals surface area contributed by atoms with Gasteiger partial charge in [-0.1, -0.05) is 63.9 Å². The van der Waals surface area contributed by atoms with Crippen LogP contribution in [0.4, 0.5) is 0 Å². The molecule has 0 aliphatic carbocycles. The molecule has 0 bridgehead atoms. The van der Waals surface area contributed by atoms with E-state index in [1.165, 1.54) is 15.9 Å². The normalized spacial score (nSPS) is 16.1. The lowest BCUT2D eigenvalue weighted by Crippen LogP contribution is -2.32. The van der Waals surface area contributed by atoms with E-state index in [2.05, 4.69) is 20.8 Å². The number of hydrogen-bond acceptors (Lipinski definition) is 4. The molecular formula is C24H31NO4S. The fraction of sp³-hybridized carbons (Fsp3) is 0.458. The maximum Gasteiger partial charge on any atom is 0.338 e. The standard InChI is InChI=1S/C24H31NO4S/c1-24(2,3)21-13-11-19(12-14-21)18-29-23(26)20-9-8-10-22(17-20)30(27,28)25-15-6-4-5-7-16-25/h8-14,17H,4-7,15-16,18H2,1-3H3. The molecule has 6 heteroatoms. The molecule has 2 aromatic rings. The number of carbonyl (C=O) groups excluding carboxylic acids is 1. The molecule has 2 aromatic carbocycles. The Balaban J connectivity index is 1.68. The lowest BCUT2D eigenvalue weighted by Gasteiger charge is -2.20. The van der Waals surface area contributed by atoms with E-state index >= 15 is 0 Å². The number of rotatable bonds is 5. The molecule has 5 nitrogen and oxygen atoms in total. The lowest BCUT2D eigenvalue weighted by molar-refractivity contribution is 0.0472. The minimum Gasteiger partial charge on any atom is -0.457 e. The summed E-state index contributed by atoms with van der Waals surface area (Å²) in [5.41, 5.74) is 2.42. The predicted molar refractivity (Wildman–Crippen MR) is 118 cm³/mol. The summed E-state index contributed by atoms with van der Waals surface area (Å²) in [6.45, 7) is 7.65. The fourth-order valence-corrected chi connectivity index (χ4v) is 5.11. The van der Waals surface area contributed by atoms with Gasteiger partial charge in [0.25, 0.3) is 0 Å². The summed E-state index contributed by atoms with van der Waals surface area (Å²) in [5.74, 6) is -0.525. The third-order valence-electron chi connectivity index (χ3n) is 5.46. The van der Waals surface area contributed by atoms with Crippen molar-refractivity contribution in [3.63, 3.8) is 0 Å². The maximum absolute atomic E-state index is 13.0. The minimum absolute atomic E-state index is 0.0640. The van der Waals surface area contributed by atoms with Gasteiger partial charge in [-0.05, 0) is 47.6 Å². The van der Waals surface area contributed by atoms with Crippen LogP contribution in [-0.2, 0) is 26.8 Å². The van der Waals surface area contributed by atoms with E-state index in [4.69, 9.17) is 4.74 Å². The van der Waals surface area contributed by atoms with E-state index in [9.17, 15) is 13.2 Å². The molecule has 0 N–H and O–H groups in total. The van der Waals surface area contributed by atoms with Crippen molar-refractivity contribution in [2.75, 3.05) is 13.1 Å². The second kappa shape index (κ2) is 9.31. The summed E-state index contributed by atoms with van der Waals surface area (Å²) in [7, 11) is -3.60. The van der Waals surface area contributed by atoms with Crippen molar-refractivity contribution in [1.82, 2.24) is 4.31 Å². The monoisotopic (exact) mass is 429 g/mol. The first-order valence-electron chi connectivity index (χ1n) is 10.5. The van der Waals surface area contributed by atoms with E-state index in [1.54, 1.807) is 18.2 Å². The van der Waals surface area contributed by atoms with E-state index in [0.717, 1.165) is 31.2 Å². The smallest absolute Gasteiger partial charge is 0.338 e. The molecule has 162 valence electrons. The molecule has 1 saturated heterocycles. The Morgan fingerprint density at radius 3 is 2.20 bits per heavy atom. The van der Waals surface area contributed by atoms with E-state index in [0.29, 0.717) is 13.1 Å². The van der Waals surface area contributed by atoms with Crippen molar-refractivity contribution in [3.8, 4) is 0 Å². The molecule has 3 rings (SSSR count). The first-order valence-corrected chi connectivity index (χ1v) is 12.0. The molecule has 1 fully saturated rings. The predicted octanol–water partition coefficient (Wildman–Crippen LogP) is 4.91. The lowest BCUT2D eigenvalue weighted by atomic mass is 9.87. The van der Waals surface area contributed by atoms with Gasteiger partial charge in [0.05, 0.1) is 10.5 Å². The van der Waals surface area contributed by atoms with Crippen molar-refractivity contribution < 1.29 is 17.9 Å². The molecule has 1 heterocycles. The van der Waals surface area contributed by atoms with Crippen LogP contribution < -0.4 is 0 Å². The summed E-state index contributed by atoms with van der Waals surface area (Å²) in [5, 5.41) is 0. The largest absolute Gasteiger partial charge is 0.457 e. The van der Waals surface area contributed by atoms with Gasteiger partial charge in [-0.25, -0.2) is 13.2 Å². The Morgan fingerprint density at radius 1 is 0.967 bits per heavy atom. The molecule has 0 saturated carbocycles. The van der Waals surface area contributed by atoms with Gasteiger partial charge >= 0.3 is 5.97 Å². The molecule has 30 heavy (non-hydrogen) atoms. The molecule has 1 aliphatic heterocycles. The molecule has 1 aliphatic rings. The highest BCUT2D eigenvalue weighted by Gasteiger charge is 2.26. The van der Waals surface area contributed by atoms with Gasteiger partial charge in [-0.2, -0.15) is 4.31 Å². The summed E-state index contributed by atoms with van der Waals surface area (Å²) >= 11 is 0. The number of sulfonamides is 1. The molecule has 0 aromatic heterocycles. The highest BCUT2D eigenvalue weighted by molar-refractivity contribution is 7.89. The number of hydrogen-bond donors (Lipinski definition) is 0. The summed E-state index contributed by atoms with van der Waals surface area (Å²) < 4.78 is 32.9. The van der Waals surface area contributed by atoms with Crippen LogP contribution in [0.15, 0.2) is 53.4 Å². The van der Waals surface area contributed by atoms with Crippen LogP contribution in [-0.4, -0.2) is 31.8 Å². The average molecular weight is 430 g/mol. The van der Waals surface area contributed by atoms with Crippen LogP contribution in [0, 0.1) is 0 Å². The second-order valence-electron chi connectivity index (χ2n) is 8.87. The summed E-state index contributed by atoms with van der Waals surface area (Å²) in [4.78, 5) is 12.7. The molecule has 0 atom stereocenters. The van der Waals surface area contributed by atoms with Crippen molar-refractivity contribution in [2.45, 2.75) is 63.4 Å². The highest BCUT2D eigenvalue weighted by atomic mass is 32.2. The van der Waals surface area contributed by atoms with Gasteiger partial charge in [-0.15, -0.1) is 0 Å². The summed E-state index contributed by atoms with van der Waals surface area (Å²) in [6.07, 6.45) is 3.84. The van der Waals surface area contributed by atoms with Crippen LogP contribution in [0.1, 0.15) is 67.9 Å². The van der Waals surface area contributed by atoms with Crippen molar-refractivity contribution in [1.29, 1.82) is 0 Å². The zero-order chi connectivity index (χ0) is 21.8. The highest BCUT2D eigenvalue weighted by Crippen LogP contribution is 2.23. The SMILES string of the molecule is CC(C)(C)c1ccc(COC(=O)c2cccc(S(=O)(=O)N3CCCCCC3)c2)cc1. The average Bonchev–Trinajstić information content (AvgIpc) is 3.02. The third-order valence-corrected chi connectivity index (χ3v) is 7.36. The van der Waals surface area contributed by atoms with Crippen LogP contribution in [0.2, 0.25) is 0 Å². The first-order chi connectivity index (χ1) is 14.2. The van der Waals surface area contributed by atoms with Gasteiger partial charge in [0.1, 0.15) is 6.61 Å². The fourth-order valence-electron chi connectivity index (χ4n) is 3.55. The van der Waals surface area contributed by atoms with Crippen LogP contribution >= 0.6 is 0 Å². The Bertz CT molecular complexity index is 967. The van der Waals surface area contributed by atoms with E-state index in [-0.39, 0.29) is 22.5 Å². The van der Waals surface area contributed by atoms with Crippen LogP contribution in [0.3, 0.4) is 0 Å². The summed E-state index contributed by atoms with van der Waals surface area (Å²) in [6, 6.07) is 14.1. The molecule has 0 unspecified atom stereocenters. The van der Waals surface area contributed by atoms with Crippen molar-refractivity contribution in [3.05, 3.63) is 65.2 Å². The minimum atomic E-state index is -3.60. The van der Waals surface area contributed by atoms with Gasteiger partial charge in [0.2, 0.25) is 10.0 Å². The Kier molecular flexibility index (Phi) is 6.98. The molecule has 0 spiro atoms. The number of benzene rings is 2. The Morgan fingerprint density at radius 2 is 1.60 bits per heavy atom. The zero-order valence-corrected chi connectivity index (χ0v) is 18.9. The number of esters is 1. The van der Waals surface area contributed by atoms with Gasteiger partial charge in [0, 0.05) is 13.1 Å². The zero-order valence-electron chi connectivity index (χ0n) is 18.1. The Labute approximate surface area is 180 Å². The number of nitrogens with zero attached hydrogens (tertiary/aromatic N) is 1. The second-order valence-corrected chi connectivity index (χ2v) is 10.8. The Hall–Kier alpha value is -2.18. The molecular weight excluding hydrogens is 398 g/mol. The number of carbonyl (C=O) groups is 1. The number of ether oxygens (including phenoxy) is 1. The van der Waals surface area contributed by atoms with Gasteiger partial charge in [-0.3, -0.25) is 0 Å². The third kappa shape index (κ3) is 5.49. The van der Waals surface area contributed by atoms with Crippen LogP contribution in [0.25, 0.3) is 0 Å². The topological polar surface area (TPSA) is 63.7 Å². The quantitative estimate of drug-likeness (QED) is 0.634. The first kappa shape index (κ1) is 22.5. The molecule has 0 radical (unpaired) electrons. The van der Waals surface area contributed by atoms with E-state index in [1.807, 2.05) is 24.3 Å². The van der Waals surface area contributed by atoms with E-state index < -0.39 is 16.0 Å². The van der Waals surface area contributed by atoms with Gasteiger partial charge in [0.15, 0.2) is 0 Å². The molecule has 0 amide bonds. The van der Waals surface area contributed by atoms with Crippen molar-refractivity contribution >= 4 is 16.0 Å². The van der Waals surface area contributed by atoms with Crippen LogP contribution in [0.5, 0.6) is 0 Å². The van der Waals surface area contributed by atoms with Gasteiger partial charge < -0.3 is 4.74 Å². The maximum atomic E-state index is 13.0. The van der Waals surface area contributed by atoms with Crippen molar-refractivity contribution in [2.24, 2.45) is 0 Å².